The van der Waals surface area contributed by atoms with E-state index in [2.05, 4.69) is 6.92 Å². The van der Waals surface area contributed by atoms with Crippen LogP contribution in [0.1, 0.15) is 44.8 Å². The highest BCUT2D eigenvalue weighted by Gasteiger charge is 2.23. The molecule has 0 spiro atoms. The Balaban J connectivity index is 2.02. The third-order valence-corrected chi connectivity index (χ3v) is 3.61. The highest BCUT2D eigenvalue weighted by atomic mass is 16.5. The van der Waals surface area contributed by atoms with Crippen molar-refractivity contribution in [1.82, 2.24) is 0 Å². The van der Waals surface area contributed by atoms with Gasteiger partial charge in [-0.2, -0.15) is 0 Å². The van der Waals surface area contributed by atoms with Crippen molar-refractivity contribution in [3.63, 3.8) is 0 Å². The van der Waals surface area contributed by atoms with Gasteiger partial charge in [0.05, 0.1) is 6.10 Å². The molecule has 1 aliphatic rings. The molecule has 0 radical (unpaired) electrons. The summed E-state index contributed by atoms with van der Waals surface area (Å²) in [5, 5.41) is 8.87. The lowest BCUT2D eigenvalue weighted by molar-refractivity contribution is 0.117. The van der Waals surface area contributed by atoms with E-state index < -0.39 is 0 Å². The van der Waals surface area contributed by atoms with Gasteiger partial charge in [0.2, 0.25) is 11.2 Å². The highest BCUT2D eigenvalue weighted by Crippen LogP contribution is 2.28. The van der Waals surface area contributed by atoms with Crippen LogP contribution in [0.4, 0.5) is 0 Å². The van der Waals surface area contributed by atoms with Crippen LogP contribution in [-0.4, -0.2) is 11.2 Å². The van der Waals surface area contributed by atoms with Crippen LogP contribution in [0.25, 0.3) is 0 Å². The summed E-state index contributed by atoms with van der Waals surface area (Å²) in [7, 11) is 0. The Morgan fingerprint density at radius 3 is 3.00 bits per heavy atom. The first kappa shape index (κ1) is 13.1. The summed E-state index contributed by atoms with van der Waals surface area (Å²) < 4.78 is 10.8. The molecule has 0 bridgehead atoms. The molecular formula is C14H20O4. The fraction of sp³-hybridized carbons (Fsp3) is 0.643. The quantitative estimate of drug-likeness (QED) is 0.894. The Labute approximate surface area is 107 Å². The molecule has 0 aliphatic heterocycles. The number of rotatable bonds is 4. The van der Waals surface area contributed by atoms with E-state index in [1.807, 2.05) is 0 Å². The molecule has 4 nitrogen and oxygen atoms in total. The Kier molecular flexibility index (Phi) is 4.42. The van der Waals surface area contributed by atoms with E-state index in [0.717, 1.165) is 25.7 Å². The average Bonchev–Trinajstić information content (AvgIpc) is 2.41. The van der Waals surface area contributed by atoms with Crippen LogP contribution in [0, 0.1) is 5.92 Å². The van der Waals surface area contributed by atoms with Crippen LogP contribution >= 0.6 is 0 Å². The van der Waals surface area contributed by atoms with Gasteiger partial charge in [-0.15, -0.1) is 0 Å². The van der Waals surface area contributed by atoms with Crippen molar-refractivity contribution in [3.05, 3.63) is 28.3 Å². The van der Waals surface area contributed by atoms with Gasteiger partial charge < -0.3 is 14.3 Å². The lowest BCUT2D eigenvalue weighted by Gasteiger charge is -2.28. The van der Waals surface area contributed by atoms with E-state index in [4.69, 9.17) is 14.3 Å². The second-order valence-electron chi connectivity index (χ2n) is 4.91. The maximum atomic E-state index is 11.7. The van der Waals surface area contributed by atoms with E-state index in [9.17, 15) is 4.79 Å². The summed E-state index contributed by atoms with van der Waals surface area (Å²) in [6.45, 7) is 1.92. The topological polar surface area (TPSA) is 59.7 Å². The summed E-state index contributed by atoms with van der Waals surface area (Å²) >= 11 is 0. The van der Waals surface area contributed by atoms with Crippen molar-refractivity contribution in [1.29, 1.82) is 0 Å². The van der Waals surface area contributed by atoms with Crippen LogP contribution in [-0.2, 0) is 6.61 Å². The van der Waals surface area contributed by atoms with Gasteiger partial charge in [-0.3, -0.25) is 4.79 Å². The van der Waals surface area contributed by atoms with Gasteiger partial charge >= 0.3 is 0 Å². The molecule has 18 heavy (non-hydrogen) atoms. The number of ether oxygens (including phenoxy) is 1. The number of aliphatic hydroxyl groups excluding tert-OH is 1. The smallest absolute Gasteiger partial charge is 0.227 e. The van der Waals surface area contributed by atoms with Gasteiger partial charge in [-0.25, -0.2) is 0 Å². The lowest BCUT2D eigenvalue weighted by atomic mass is 9.85. The molecule has 2 unspecified atom stereocenters. The summed E-state index contributed by atoms with van der Waals surface area (Å²) in [6.07, 6.45) is 7.01. The first-order valence-corrected chi connectivity index (χ1v) is 6.62. The first-order valence-electron chi connectivity index (χ1n) is 6.62. The third kappa shape index (κ3) is 3.13. The normalized spacial score (nSPS) is 23.9. The fourth-order valence-electron chi connectivity index (χ4n) is 2.51. The third-order valence-electron chi connectivity index (χ3n) is 3.61. The predicted octanol–water partition coefficient (Wildman–Crippen LogP) is 2.48. The molecule has 1 N–H and O–H groups in total. The van der Waals surface area contributed by atoms with E-state index in [-0.39, 0.29) is 29.6 Å². The molecule has 0 saturated heterocycles. The summed E-state index contributed by atoms with van der Waals surface area (Å²) in [6, 6.07) is 1.29. The molecule has 100 valence electrons. The number of hydrogen-bond donors (Lipinski definition) is 1. The van der Waals surface area contributed by atoms with E-state index in [1.54, 1.807) is 0 Å². The van der Waals surface area contributed by atoms with E-state index in [1.165, 1.54) is 18.8 Å². The van der Waals surface area contributed by atoms with Gasteiger partial charge in [0, 0.05) is 6.07 Å². The van der Waals surface area contributed by atoms with Crippen LogP contribution in [0.5, 0.6) is 5.75 Å². The summed E-state index contributed by atoms with van der Waals surface area (Å²) in [5.74, 6) is 1.23. The van der Waals surface area contributed by atoms with E-state index in [0.29, 0.717) is 5.92 Å². The molecule has 4 heteroatoms. The second-order valence-corrected chi connectivity index (χ2v) is 4.91. The van der Waals surface area contributed by atoms with Crippen LogP contribution in [0.15, 0.2) is 21.5 Å². The molecule has 0 amide bonds. The van der Waals surface area contributed by atoms with Crippen molar-refractivity contribution in [2.24, 2.45) is 5.92 Å². The van der Waals surface area contributed by atoms with Gasteiger partial charge in [0.1, 0.15) is 18.6 Å². The second kappa shape index (κ2) is 6.05. The molecule has 2 rings (SSSR count). The standard InChI is InChI=1S/C14H20O4/c1-2-10-4-3-5-11(6-10)18-14-9-17-12(8-15)7-13(14)16/h7,9-11,15H,2-6,8H2,1H3. The van der Waals surface area contributed by atoms with Crippen LogP contribution < -0.4 is 10.2 Å². The molecule has 2 atom stereocenters. The van der Waals surface area contributed by atoms with Crippen LogP contribution in [0.2, 0.25) is 0 Å². The zero-order valence-electron chi connectivity index (χ0n) is 10.7. The zero-order valence-corrected chi connectivity index (χ0v) is 10.7. The molecule has 1 heterocycles. The van der Waals surface area contributed by atoms with Crippen LogP contribution in [0.3, 0.4) is 0 Å². The van der Waals surface area contributed by atoms with Gasteiger partial charge in [-0.1, -0.05) is 19.8 Å². The predicted molar refractivity (Wildman–Crippen MR) is 67.6 cm³/mol. The average molecular weight is 252 g/mol. The van der Waals surface area contributed by atoms with Gasteiger partial charge in [0.15, 0.2) is 0 Å². The minimum Gasteiger partial charge on any atom is -0.483 e. The summed E-state index contributed by atoms with van der Waals surface area (Å²) in [5.41, 5.74) is -0.219. The monoisotopic (exact) mass is 252 g/mol. The zero-order chi connectivity index (χ0) is 13.0. The van der Waals surface area contributed by atoms with E-state index >= 15 is 0 Å². The molecular weight excluding hydrogens is 232 g/mol. The van der Waals surface area contributed by atoms with Crippen molar-refractivity contribution >= 4 is 0 Å². The molecule has 1 saturated carbocycles. The Bertz CT molecular complexity index is 438. The SMILES string of the molecule is CCC1CCCC(Oc2coc(CO)cc2=O)C1. The van der Waals surface area contributed by atoms with Crippen molar-refractivity contribution < 1.29 is 14.3 Å². The van der Waals surface area contributed by atoms with Gasteiger partial charge in [0.25, 0.3) is 0 Å². The summed E-state index contributed by atoms with van der Waals surface area (Å²) in [4.78, 5) is 11.7. The minimum atomic E-state index is -0.267. The molecule has 1 aromatic heterocycles. The van der Waals surface area contributed by atoms with Crippen molar-refractivity contribution in [3.8, 4) is 5.75 Å². The molecule has 0 aromatic carbocycles. The molecule has 1 aromatic rings. The first-order chi connectivity index (χ1) is 8.72. The number of hydrogen-bond acceptors (Lipinski definition) is 4. The van der Waals surface area contributed by atoms with Crippen molar-refractivity contribution in [2.45, 2.75) is 51.7 Å². The lowest BCUT2D eigenvalue weighted by Crippen LogP contribution is -2.27. The Morgan fingerprint density at radius 1 is 1.50 bits per heavy atom. The minimum absolute atomic E-state index is 0.117. The van der Waals surface area contributed by atoms with Crippen molar-refractivity contribution in [2.75, 3.05) is 0 Å². The Morgan fingerprint density at radius 2 is 2.33 bits per heavy atom. The van der Waals surface area contributed by atoms with Gasteiger partial charge in [-0.05, 0) is 25.2 Å². The molecule has 1 aliphatic carbocycles. The maximum Gasteiger partial charge on any atom is 0.227 e. The largest absolute Gasteiger partial charge is 0.483 e. The maximum absolute atomic E-state index is 11.7. The molecule has 1 fully saturated rings. The Hall–Kier alpha value is -1.29. The fourth-order valence-corrected chi connectivity index (χ4v) is 2.51. The highest BCUT2D eigenvalue weighted by molar-refractivity contribution is 5.17. The number of aliphatic hydroxyl groups is 1.